The molecular weight excluding hydrogens is 262 g/mol. The summed E-state index contributed by atoms with van der Waals surface area (Å²) in [6.07, 6.45) is 2.08. The van der Waals surface area contributed by atoms with Crippen LogP contribution in [0.25, 0.3) is 0 Å². The number of sulfone groups is 1. The molecule has 0 radical (unpaired) electrons. The quantitative estimate of drug-likeness (QED) is 0.838. The van der Waals surface area contributed by atoms with Crippen LogP contribution >= 0.6 is 0 Å². The van der Waals surface area contributed by atoms with Crippen molar-refractivity contribution in [1.82, 2.24) is 0 Å². The maximum Gasteiger partial charge on any atom is 0.154 e. The molecule has 0 aromatic heterocycles. The van der Waals surface area contributed by atoms with Gasteiger partial charge in [-0.1, -0.05) is 18.2 Å². The number of nitrogens with one attached hydrogen (secondary N) is 1. The van der Waals surface area contributed by atoms with Crippen molar-refractivity contribution in [3.63, 3.8) is 0 Å². The van der Waals surface area contributed by atoms with Gasteiger partial charge in [0, 0.05) is 25.9 Å². The molecule has 0 saturated carbocycles. The maximum atomic E-state index is 12.3. The standard InChI is InChI=1S/C14H21NO3S/c1-18-9-4-10-19(16,17)13-8-7-12-5-2-3-6-14(12)15-11-13/h2-3,5-6,13,15H,4,7-11H2,1H3. The van der Waals surface area contributed by atoms with Crippen molar-refractivity contribution in [1.29, 1.82) is 0 Å². The van der Waals surface area contributed by atoms with Gasteiger partial charge < -0.3 is 10.1 Å². The minimum atomic E-state index is -3.04. The Balaban J connectivity index is 2.01. The van der Waals surface area contributed by atoms with Crippen LogP contribution in [0.15, 0.2) is 24.3 Å². The number of rotatable bonds is 5. The highest BCUT2D eigenvalue weighted by atomic mass is 32.2. The van der Waals surface area contributed by atoms with Gasteiger partial charge in [-0.2, -0.15) is 0 Å². The second-order valence-corrected chi connectivity index (χ2v) is 7.31. The monoisotopic (exact) mass is 283 g/mol. The molecule has 2 rings (SSSR count). The van der Waals surface area contributed by atoms with E-state index in [0.717, 1.165) is 12.1 Å². The summed E-state index contributed by atoms with van der Waals surface area (Å²) >= 11 is 0. The van der Waals surface area contributed by atoms with E-state index in [0.29, 0.717) is 26.0 Å². The first-order valence-electron chi connectivity index (χ1n) is 6.66. The first-order chi connectivity index (χ1) is 9.13. The van der Waals surface area contributed by atoms with E-state index in [4.69, 9.17) is 4.74 Å². The Kier molecular flexibility index (Phi) is 4.82. The van der Waals surface area contributed by atoms with Crippen LogP contribution in [0.2, 0.25) is 0 Å². The molecule has 0 spiro atoms. The third-order valence-electron chi connectivity index (χ3n) is 3.56. The van der Waals surface area contributed by atoms with Crippen molar-refractivity contribution in [3.8, 4) is 0 Å². The van der Waals surface area contributed by atoms with Gasteiger partial charge in [0.05, 0.1) is 11.0 Å². The van der Waals surface area contributed by atoms with Crippen LogP contribution in [0.4, 0.5) is 5.69 Å². The summed E-state index contributed by atoms with van der Waals surface area (Å²) in [6.45, 7) is 1.01. The molecule has 1 unspecified atom stereocenters. The van der Waals surface area contributed by atoms with Crippen LogP contribution in [-0.4, -0.2) is 39.7 Å². The largest absolute Gasteiger partial charge is 0.385 e. The number of benzene rings is 1. The number of methoxy groups -OCH3 is 1. The van der Waals surface area contributed by atoms with Crippen molar-refractivity contribution in [3.05, 3.63) is 29.8 Å². The molecule has 0 saturated heterocycles. The molecule has 4 nitrogen and oxygen atoms in total. The minimum Gasteiger partial charge on any atom is -0.385 e. The number of fused-ring (bicyclic) bond motifs is 1. The Bertz CT molecular complexity index is 486. The zero-order valence-corrected chi connectivity index (χ0v) is 12.1. The van der Waals surface area contributed by atoms with Crippen molar-refractivity contribution in [2.24, 2.45) is 0 Å². The van der Waals surface area contributed by atoms with E-state index in [2.05, 4.69) is 11.4 Å². The summed E-state index contributed by atoms with van der Waals surface area (Å²) in [6, 6.07) is 8.03. The van der Waals surface area contributed by atoms with Crippen molar-refractivity contribution in [2.45, 2.75) is 24.5 Å². The molecule has 19 heavy (non-hydrogen) atoms. The average Bonchev–Trinajstić information content (AvgIpc) is 2.61. The fraction of sp³-hybridized carbons (Fsp3) is 0.571. The predicted octanol–water partition coefficient (Wildman–Crippen LogP) is 1.86. The fourth-order valence-corrected chi connectivity index (χ4v) is 4.10. The first-order valence-corrected chi connectivity index (χ1v) is 8.37. The fourth-order valence-electron chi connectivity index (χ4n) is 2.43. The van der Waals surface area contributed by atoms with Gasteiger partial charge in [0.15, 0.2) is 9.84 Å². The molecule has 1 aliphatic rings. The van der Waals surface area contributed by atoms with E-state index in [-0.39, 0.29) is 11.0 Å². The zero-order valence-electron chi connectivity index (χ0n) is 11.3. The molecule has 0 aliphatic carbocycles. The molecule has 1 aliphatic heterocycles. The number of hydrogen-bond acceptors (Lipinski definition) is 4. The highest BCUT2D eigenvalue weighted by Gasteiger charge is 2.27. The lowest BCUT2D eigenvalue weighted by atomic mass is 10.1. The van der Waals surface area contributed by atoms with Crippen LogP contribution in [0.1, 0.15) is 18.4 Å². The number of anilines is 1. The van der Waals surface area contributed by atoms with Crippen LogP contribution < -0.4 is 5.32 Å². The van der Waals surface area contributed by atoms with Gasteiger partial charge in [-0.05, 0) is 30.9 Å². The third kappa shape index (κ3) is 3.70. The second-order valence-electron chi connectivity index (χ2n) is 4.91. The number of aryl methyl sites for hydroxylation is 1. The lowest BCUT2D eigenvalue weighted by Gasteiger charge is -2.15. The van der Waals surface area contributed by atoms with Crippen LogP contribution in [-0.2, 0) is 21.0 Å². The third-order valence-corrected chi connectivity index (χ3v) is 5.83. The van der Waals surface area contributed by atoms with E-state index in [1.54, 1.807) is 7.11 Å². The highest BCUT2D eigenvalue weighted by Crippen LogP contribution is 2.23. The Labute approximate surface area is 115 Å². The molecule has 1 N–H and O–H groups in total. The van der Waals surface area contributed by atoms with Gasteiger partial charge in [0.1, 0.15) is 0 Å². The molecule has 0 fully saturated rings. The summed E-state index contributed by atoms with van der Waals surface area (Å²) < 4.78 is 29.5. The number of hydrogen-bond donors (Lipinski definition) is 1. The van der Waals surface area contributed by atoms with Gasteiger partial charge in [-0.15, -0.1) is 0 Å². The lowest BCUT2D eigenvalue weighted by molar-refractivity contribution is 0.199. The van der Waals surface area contributed by atoms with E-state index in [1.807, 2.05) is 18.2 Å². The number of ether oxygens (including phenoxy) is 1. The molecule has 0 amide bonds. The van der Waals surface area contributed by atoms with Gasteiger partial charge in [-0.25, -0.2) is 8.42 Å². The van der Waals surface area contributed by atoms with E-state index in [9.17, 15) is 8.42 Å². The summed E-state index contributed by atoms with van der Waals surface area (Å²) in [5.41, 5.74) is 2.27. The molecule has 1 atom stereocenters. The maximum absolute atomic E-state index is 12.3. The average molecular weight is 283 g/mol. The smallest absolute Gasteiger partial charge is 0.154 e. The van der Waals surface area contributed by atoms with Crippen LogP contribution in [0.5, 0.6) is 0 Å². The molecule has 106 valence electrons. The molecular formula is C14H21NO3S. The van der Waals surface area contributed by atoms with Crippen LogP contribution in [0, 0.1) is 0 Å². The van der Waals surface area contributed by atoms with E-state index in [1.165, 1.54) is 5.56 Å². The molecule has 5 heteroatoms. The van der Waals surface area contributed by atoms with E-state index < -0.39 is 9.84 Å². The normalized spacial score (nSPS) is 19.3. The number of para-hydroxylation sites is 1. The Hall–Kier alpha value is -1.07. The van der Waals surface area contributed by atoms with Gasteiger partial charge in [0.2, 0.25) is 0 Å². The SMILES string of the molecule is COCCCS(=O)(=O)C1CCc2ccccc2NC1. The topological polar surface area (TPSA) is 55.4 Å². The van der Waals surface area contributed by atoms with Crippen molar-refractivity contribution in [2.75, 3.05) is 31.3 Å². The van der Waals surface area contributed by atoms with E-state index >= 15 is 0 Å². The predicted molar refractivity (Wildman–Crippen MR) is 77.3 cm³/mol. The molecule has 0 bridgehead atoms. The van der Waals surface area contributed by atoms with Gasteiger partial charge in [0.25, 0.3) is 0 Å². The highest BCUT2D eigenvalue weighted by molar-refractivity contribution is 7.92. The first kappa shape index (κ1) is 14.3. The summed E-state index contributed by atoms with van der Waals surface area (Å²) in [4.78, 5) is 0. The van der Waals surface area contributed by atoms with Gasteiger partial charge >= 0.3 is 0 Å². The lowest BCUT2D eigenvalue weighted by Crippen LogP contribution is -2.30. The Morgan fingerprint density at radius 2 is 2.16 bits per heavy atom. The van der Waals surface area contributed by atoms with Crippen molar-refractivity contribution < 1.29 is 13.2 Å². The molecule has 1 aromatic rings. The Morgan fingerprint density at radius 3 is 2.95 bits per heavy atom. The Morgan fingerprint density at radius 1 is 1.37 bits per heavy atom. The second kappa shape index (κ2) is 6.39. The summed E-state index contributed by atoms with van der Waals surface area (Å²) in [7, 11) is -1.45. The zero-order chi connectivity index (χ0) is 13.7. The minimum absolute atomic E-state index is 0.212. The summed E-state index contributed by atoms with van der Waals surface area (Å²) in [5, 5.41) is 2.97. The van der Waals surface area contributed by atoms with Crippen LogP contribution in [0.3, 0.4) is 0 Å². The molecule has 1 heterocycles. The van der Waals surface area contributed by atoms with Crippen molar-refractivity contribution >= 4 is 15.5 Å². The van der Waals surface area contributed by atoms with Gasteiger partial charge in [-0.3, -0.25) is 0 Å². The summed E-state index contributed by atoms with van der Waals surface area (Å²) in [5.74, 6) is 0.212. The molecule has 1 aromatic carbocycles.